The highest BCUT2D eigenvalue weighted by atomic mass is 35.5. The Balaban J connectivity index is 1.95. The van der Waals surface area contributed by atoms with Gasteiger partial charge >= 0.3 is 0 Å². The molecule has 0 radical (unpaired) electrons. The van der Waals surface area contributed by atoms with Crippen LogP contribution in [0.15, 0.2) is 42.5 Å². The van der Waals surface area contributed by atoms with Gasteiger partial charge in [0, 0.05) is 16.5 Å². The second-order valence-corrected chi connectivity index (χ2v) is 8.13. The summed E-state index contributed by atoms with van der Waals surface area (Å²) in [7, 11) is -3.55. The SMILES string of the molecule is O=C(CCS(=O)(=O)Cc1ccc(Cl)cc1Cl)Nc1ccccc1F. The Labute approximate surface area is 149 Å². The van der Waals surface area contributed by atoms with E-state index in [0.717, 1.165) is 0 Å². The molecule has 0 atom stereocenters. The summed E-state index contributed by atoms with van der Waals surface area (Å²) in [5.74, 6) is -1.82. The van der Waals surface area contributed by atoms with Gasteiger partial charge in [-0.15, -0.1) is 0 Å². The summed E-state index contributed by atoms with van der Waals surface area (Å²) in [6.45, 7) is 0. The third-order valence-corrected chi connectivity index (χ3v) is 5.34. The van der Waals surface area contributed by atoms with Gasteiger partial charge in [0.1, 0.15) is 5.82 Å². The molecule has 0 saturated heterocycles. The number of anilines is 1. The van der Waals surface area contributed by atoms with Crippen LogP contribution in [0.2, 0.25) is 10.0 Å². The molecule has 0 fully saturated rings. The molecule has 0 unspecified atom stereocenters. The second kappa shape index (κ2) is 7.96. The molecule has 2 aromatic rings. The van der Waals surface area contributed by atoms with Gasteiger partial charge in [0.25, 0.3) is 0 Å². The molecule has 0 aliphatic heterocycles. The van der Waals surface area contributed by atoms with Gasteiger partial charge in [0.15, 0.2) is 9.84 Å². The third kappa shape index (κ3) is 5.47. The molecule has 0 spiro atoms. The van der Waals surface area contributed by atoms with Gasteiger partial charge in [-0.05, 0) is 29.8 Å². The van der Waals surface area contributed by atoms with Crippen LogP contribution in [0.5, 0.6) is 0 Å². The summed E-state index contributed by atoms with van der Waals surface area (Å²) in [6.07, 6.45) is -0.276. The second-order valence-electron chi connectivity index (χ2n) is 5.11. The van der Waals surface area contributed by atoms with Crippen LogP contribution in [0.4, 0.5) is 10.1 Å². The summed E-state index contributed by atoms with van der Waals surface area (Å²) in [5, 5.41) is 3.00. The molecular formula is C16H14Cl2FNO3S. The van der Waals surface area contributed by atoms with E-state index in [1.165, 1.54) is 30.3 Å². The third-order valence-electron chi connectivity index (χ3n) is 3.18. The molecule has 0 aliphatic carbocycles. The first kappa shape index (κ1) is 18.7. The van der Waals surface area contributed by atoms with Crippen LogP contribution in [-0.2, 0) is 20.4 Å². The average Bonchev–Trinajstić information content (AvgIpc) is 2.51. The van der Waals surface area contributed by atoms with Crippen LogP contribution in [0.3, 0.4) is 0 Å². The molecule has 8 heteroatoms. The van der Waals surface area contributed by atoms with Crippen molar-refractivity contribution in [2.75, 3.05) is 11.1 Å². The molecule has 0 aliphatic rings. The smallest absolute Gasteiger partial charge is 0.225 e. The number of halogens is 3. The Morgan fingerprint density at radius 3 is 2.50 bits per heavy atom. The van der Waals surface area contributed by atoms with Crippen LogP contribution in [0.1, 0.15) is 12.0 Å². The van der Waals surface area contributed by atoms with Gasteiger partial charge in [0.2, 0.25) is 5.91 Å². The standard InChI is InChI=1S/C16H14Cl2FNO3S/c17-12-6-5-11(13(18)9-12)10-24(22,23)8-7-16(21)20-15-4-2-1-3-14(15)19/h1-6,9H,7-8,10H2,(H,20,21). The highest BCUT2D eigenvalue weighted by molar-refractivity contribution is 7.90. The maximum Gasteiger partial charge on any atom is 0.225 e. The molecule has 2 aromatic carbocycles. The summed E-state index contributed by atoms with van der Waals surface area (Å²) in [4.78, 5) is 11.8. The number of hydrogen-bond donors (Lipinski definition) is 1. The van der Waals surface area contributed by atoms with E-state index in [9.17, 15) is 17.6 Å². The fourth-order valence-corrected chi connectivity index (χ4v) is 3.89. The Morgan fingerprint density at radius 2 is 1.83 bits per heavy atom. The van der Waals surface area contributed by atoms with Crippen molar-refractivity contribution in [1.82, 2.24) is 0 Å². The molecule has 0 bridgehead atoms. The molecule has 0 aromatic heterocycles. The number of benzene rings is 2. The lowest BCUT2D eigenvalue weighted by atomic mass is 10.2. The van der Waals surface area contributed by atoms with Crippen molar-refractivity contribution in [3.63, 3.8) is 0 Å². The molecule has 128 valence electrons. The minimum absolute atomic E-state index is 0.0145. The summed E-state index contributed by atoms with van der Waals surface area (Å²) in [5.41, 5.74) is 0.427. The van der Waals surface area contributed by atoms with Crippen molar-refractivity contribution in [2.24, 2.45) is 0 Å². The van der Waals surface area contributed by atoms with Gasteiger partial charge in [-0.2, -0.15) is 0 Å². The van der Waals surface area contributed by atoms with E-state index in [0.29, 0.717) is 10.6 Å². The van der Waals surface area contributed by atoms with Crippen LogP contribution in [0, 0.1) is 5.82 Å². The summed E-state index contributed by atoms with van der Waals surface area (Å²) >= 11 is 11.7. The van der Waals surface area contributed by atoms with Gasteiger partial charge in [-0.3, -0.25) is 4.79 Å². The van der Waals surface area contributed by atoms with Crippen molar-refractivity contribution < 1.29 is 17.6 Å². The Hall–Kier alpha value is -1.63. The molecular weight excluding hydrogens is 376 g/mol. The Morgan fingerprint density at radius 1 is 1.12 bits per heavy atom. The molecule has 1 amide bonds. The number of nitrogens with one attached hydrogen (secondary N) is 1. The van der Waals surface area contributed by atoms with Crippen LogP contribution < -0.4 is 5.32 Å². The largest absolute Gasteiger partial charge is 0.324 e. The molecule has 0 heterocycles. The number of rotatable bonds is 6. The lowest BCUT2D eigenvalue weighted by molar-refractivity contribution is -0.115. The number of sulfone groups is 1. The number of carbonyl (C=O) groups excluding carboxylic acids is 1. The van der Waals surface area contributed by atoms with E-state index in [1.807, 2.05) is 0 Å². The summed E-state index contributed by atoms with van der Waals surface area (Å²) < 4.78 is 37.7. The lowest BCUT2D eigenvalue weighted by Gasteiger charge is -2.08. The maximum absolute atomic E-state index is 13.4. The number of hydrogen-bond acceptors (Lipinski definition) is 3. The van der Waals surface area contributed by atoms with E-state index >= 15 is 0 Å². The number of carbonyl (C=O) groups is 1. The van der Waals surface area contributed by atoms with E-state index in [4.69, 9.17) is 23.2 Å². The van der Waals surface area contributed by atoms with Gasteiger partial charge in [-0.25, -0.2) is 12.8 Å². The van der Waals surface area contributed by atoms with Gasteiger partial charge < -0.3 is 5.32 Å². The molecule has 24 heavy (non-hydrogen) atoms. The quantitative estimate of drug-likeness (QED) is 0.809. The molecule has 0 saturated carbocycles. The summed E-state index contributed by atoms with van der Waals surface area (Å²) in [6, 6.07) is 10.2. The van der Waals surface area contributed by atoms with Crippen molar-refractivity contribution in [3.05, 3.63) is 63.9 Å². The fraction of sp³-hybridized carbons (Fsp3) is 0.188. The minimum Gasteiger partial charge on any atom is -0.324 e. The minimum atomic E-state index is -3.55. The van der Waals surface area contributed by atoms with Crippen LogP contribution >= 0.6 is 23.2 Å². The lowest BCUT2D eigenvalue weighted by Crippen LogP contribution is -2.19. The number of para-hydroxylation sites is 1. The van der Waals surface area contributed by atoms with Crippen molar-refractivity contribution in [3.8, 4) is 0 Å². The Kier molecular flexibility index (Phi) is 6.21. The van der Waals surface area contributed by atoms with E-state index in [-0.39, 0.29) is 28.6 Å². The number of amides is 1. The molecule has 4 nitrogen and oxygen atoms in total. The molecule has 2 rings (SSSR count). The normalized spacial score (nSPS) is 11.3. The first-order valence-electron chi connectivity index (χ1n) is 6.95. The molecule has 1 N–H and O–H groups in total. The van der Waals surface area contributed by atoms with Crippen molar-refractivity contribution in [2.45, 2.75) is 12.2 Å². The zero-order valence-corrected chi connectivity index (χ0v) is 14.8. The topological polar surface area (TPSA) is 63.2 Å². The van der Waals surface area contributed by atoms with Crippen molar-refractivity contribution >= 4 is 44.6 Å². The average molecular weight is 390 g/mol. The predicted octanol–water partition coefficient (Wildman–Crippen LogP) is 4.08. The maximum atomic E-state index is 13.4. The highest BCUT2D eigenvalue weighted by Gasteiger charge is 2.17. The monoisotopic (exact) mass is 389 g/mol. The van der Waals surface area contributed by atoms with E-state index in [2.05, 4.69) is 5.32 Å². The van der Waals surface area contributed by atoms with Crippen LogP contribution in [-0.4, -0.2) is 20.1 Å². The fourth-order valence-electron chi connectivity index (χ4n) is 1.97. The van der Waals surface area contributed by atoms with E-state index < -0.39 is 21.6 Å². The predicted molar refractivity (Wildman–Crippen MR) is 93.6 cm³/mol. The highest BCUT2D eigenvalue weighted by Crippen LogP contribution is 2.23. The van der Waals surface area contributed by atoms with Crippen LogP contribution in [0.25, 0.3) is 0 Å². The van der Waals surface area contributed by atoms with E-state index in [1.54, 1.807) is 12.1 Å². The first-order valence-corrected chi connectivity index (χ1v) is 9.53. The first-order chi connectivity index (χ1) is 11.3. The zero-order chi connectivity index (χ0) is 17.7. The zero-order valence-electron chi connectivity index (χ0n) is 12.4. The Bertz CT molecular complexity index is 856. The van der Waals surface area contributed by atoms with Gasteiger partial charge in [-0.1, -0.05) is 41.4 Å². The van der Waals surface area contributed by atoms with Crippen molar-refractivity contribution in [1.29, 1.82) is 0 Å². The van der Waals surface area contributed by atoms with Gasteiger partial charge in [0.05, 0.1) is 17.2 Å².